The highest BCUT2D eigenvalue weighted by atomic mass is 32.2. The Bertz CT molecular complexity index is 1220. The molecule has 1 aromatic rings. The summed E-state index contributed by atoms with van der Waals surface area (Å²) >= 11 is 0. The molecule has 35 heavy (non-hydrogen) atoms. The van der Waals surface area contributed by atoms with Crippen LogP contribution in [0, 0.1) is 40.4 Å². The lowest BCUT2D eigenvalue weighted by atomic mass is 9.41. The molecule has 0 aliphatic heterocycles. The number of carbonyl (C=O) groups excluding carboxylic acids is 3. The van der Waals surface area contributed by atoms with Crippen LogP contribution in [0.5, 0.6) is 0 Å². The van der Waals surface area contributed by atoms with E-state index >= 15 is 0 Å². The molecule has 8 nitrogen and oxygen atoms in total. The van der Waals surface area contributed by atoms with E-state index in [4.69, 9.17) is 13.3 Å². The minimum absolute atomic E-state index is 0.0657. The number of fused-ring (bicyclic) bond motifs is 3. The first kappa shape index (κ1) is 25.6. The quantitative estimate of drug-likeness (QED) is 0.348. The van der Waals surface area contributed by atoms with Crippen molar-refractivity contribution in [3.05, 3.63) is 23.7 Å². The topological polar surface area (TPSA) is 117 Å². The molecule has 3 saturated carbocycles. The van der Waals surface area contributed by atoms with Crippen LogP contribution in [-0.4, -0.2) is 45.4 Å². The monoisotopic (exact) mass is 504 g/mol. The fraction of sp³-hybridized carbons (Fsp3) is 0.654. The fourth-order valence-electron chi connectivity index (χ4n) is 7.35. The third-order valence-electron chi connectivity index (χ3n) is 8.61. The van der Waals surface area contributed by atoms with Crippen LogP contribution in [0.4, 0.5) is 0 Å². The number of hydrogen-bond acceptors (Lipinski definition) is 8. The van der Waals surface area contributed by atoms with Crippen LogP contribution in [0.2, 0.25) is 0 Å². The number of Topliss-reactive ketones (excluding diaryl/α,β-unsaturated/α-hetero) is 2. The molecule has 0 bridgehead atoms. The zero-order valence-electron chi connectivity index (χ0n) is 20.8. The van der Waals surface area contributed by atoms with Crippen LogP contribution < -0.4 is 0 Å². The summed E-state index contributed by atoms with van der Waals surface area (Å²) < 4.78 is 39.8. The molecule has 9 heteroatoms. The standard InChI is InChI=1S/C26H32O8S/c1-6-7-20-16(9-11-33-20)15-12-19(27)17-8-10-25(2)18(24(29)32-4)13-21(34-35(5,30)31)22(28)23(25)26(17,3)14-15/h9,11,15,17-18,21,23H,8,10,12-14H2,1-5H3/t15-,17-,18-,21-,23-,25-,26-/m0/s1. The molecule has 0 aromatic carbocycles. The van der Waals surface area contributed by atoms with E-state index in [9.17, 15) is 22.8 Å². The van der Waals surface area contributed by atoms with Gasteiger partial charge in [0, 0.05) is 23.8 Å². The van der Waals surface area contributed by atoms with Crippen LogP contribution >= 0.6 is 0 Å². The molecule has 0 radical (unpaired) electrons. The Hall–Kier alpha value is -2.44. The summed E-state index contributed by atoms with van der Waals surface area (Å²) in [5, 5.41) is 0. The zero-order valence-corrected chi connectivity index (χ0v) is 21.6. The molecule has 1 heterocycles. The average molecular weight is 505 g/mol. The Morgan fingerprint density at radius 1 is 1.23 bits per heavy atom. The van der Waals surface area contributed by atoms with E-state index in [1.54, 1.807) is 13.2 Å². The Morgan fingerprint density at radius 3 is 2.57 bits per heavy atom. The highest BCUT2D eigenvalue weighted by Crippen LogP contribution is 2.65. The zero-order chi connectivity index (χ0) is 25.8. The van der Waals surface area contributed by atoms with Gasteiger partial charge in [0.05, 0.1) is 25.5 Å². The van der Waals surface area contributed by atoms with E-state index in [2.05, 4.69) is 11.8 Å². The van der Waals surface area contributed by atoms with Crippen molar-refractivity contribution in [2.75, 3.05) is 13.4 Å². The predicted molar refractivity (Wildman–Crippen MR) is 126 cm³/mol. The van der Waals surface area contributed by atoms with Gasteiger partial charge in [-0.05, 0) is 61.3 Å². The molecule has 190 valence electrons. The molecule has 3 fully saturated rings. The van der Waals surface area contributed by atoms with Crippen LogP contribution in [-0.2, 0) is 33.4 Å². The van der Waals surface area contributed by atoms with Crippen LogP contribution in [0.25, 0.3) is 0 Å². The number of methoxy groups -OCH3 is 1. The largest absolute Gasteiger partial charge is 0.469 e. The molecule has 0 spiro atoms. The summed E-state index contributed by atoms with van der Waals surface area (Å²) in [5.74, 6) is 3.43. The van der Waals surface area contributed by atoms with Gasteiger partial charge in [-0.3, -0.25) is 18.6 Å². The summed E-state index contributed by atoms with van der Waals surface area (Å²) in [4.78, 5) is 40.3. The number of ketones is 2. The normalized spacial score (nSPS) is 37.0. The number of carbonyl (C=O) groups is 3. The Morgan fingerprint density at radius 2 is 1.94 bits per heavy atom. The maximum absolute atomic E-state index is 13.9. The number of ether oxygens (including phenoxy) is 1. The van der Waals surface area contributed by atoms with Gasteiger partial charge in [-0.25, -0.2) is 0 Å². The van der Waals surface area contributed by atoms with E-state index in [1.165, 1.54) is 7.11 Å². The summed E-state index contributed by atoms with van der Waals surface area (Å²) in [6.07, 6.45) is 2.95. The second-order valence-electron chi connectivity index (χ2n) is 10.7. The molecule has 4 rings (SSSR count). The Kier molecular flexibility index (Phi) is 6.52. The smallest absolute Gasteiger partial charge is 0.309 e. The van der Waals surface area contributed by atoms with E-state index in [0.29, 0.717) is 31.4 Å². The molecule has 7 atom stereocenters. The van der Waals surface area contributed by atoms with Gasteiger partial charge in [0.2, 0.25) is 0 Å². The predicted octanol–water partition coefficient (Wildman–Crippen LogP) is 3.24. The highest BCUT2D eigenvalue weighted by Gasteiger charge is 2.67. The Labute approximate surface area is 206 Å². The molecular weight excluding hydrogens is 472 g/mol. The molecule has 0 amide bonds. The van der Waals surface area contributed by atoms with Gasteiger partial charge in [0.1, 0.15) is 11.9 Å². The lowest BCUT2D eigenvalue weighted by Crippen LogP contribution is -2.64. The second kappa shape index (κ2) is 8.90. The lowest BCUT2D eigenvalue weighted by Gasteiger charge is -2.61. The minimum atomic E-state index is -3.96. The first-order valence-electron chi connectivity index (χ1n) is 11.9. The van der Waals surface area contributed by atoms with Crippen molar-refractivity contribution >= 4 is 27.7 Å². The van der Waals surface area contributed by atoms with Crippen LogP contribution in [0.15, 0.2) is 16.7 Å². The maximum atomic E-state index is 13.9. The minimum Gasteiger partial charge on any atom is -0.469 e. The van der Waals surface area contributed by atoms with Gasteiger partial charge in [-0.2, -0.15) is 8.42 Å². The van der Waals surface area contributed by atoms with Crippen molar-refractivity contribution < 1.29 is 36.1 Å². The molecule has 0 unspecified atom stereocenters. The van der Waals surface area contributed by atoms with Crippen LogP contribution in [0.1, 0.15) is 70.1 Å². The molecule has 0 N–H and O–H groups in total. The van der Waals surface area contributed by atoms with Crippen molar-refractivity contribution in [2.45, 2.75) is 64.9 Å². The summed E-state index contributed by atoms with van der Waals surface area (Å²) in [6, 6.07) is 1.82. The second-order valence-corrected chi connectivity index (χ2v) is 12.3. The Balaban J connectivity index is 1.82. The average Bonchev–Trinajstić information content (AvgIpc) is 3.22. The van der Waals surface area contributed by atoms with E-state index in [0.717, 1.165) is 11.8 Å². The van der Waals surface area contributed by atoms with Crippen molar-refractivity contribution in [3.8, 4) is 11.8 Å². The number of furan rings is 1. The van der Waals surface area contributed by atoms with Crippen LogP contribution in [0.3, 0.4) is 0 Å². The van der Waals surface area contributed by atoms with Gasteiger partial charge in [0.25, 0.3) is 10.1 Å². The molecule has 0 saturated heterocycles. The third-order valence-corrected chi connectivity index (χ3v) is 9.19. The third kappa shape index (κ3) is 4.25. The van der Waals surface area contributed by atoms with Crippen molar-refractivity contribution in [1.82, 2.24) is 0 Å². The van der Waals surface area contributed by atoms with Gasteiger partial charge in [-0.15, -0.1) is 0 Å². The summed E-state index contributed by atoms with van der Waals surface area (Å²) in [5.41, 5.74) is -0.766. The first-order chi connectivity index (χ1) is 16.4. The number of esters is 1. The van der Waals surface area contributed by atoms with Crippen molar-refractivity contribution in [1.29, 1.82) is 0 Å². The van der Waals surface area contributed by atoms with Crippen molar-refractivity contribution in [2.24, 2.45) is 28.6 Å². The summed E-state index contributed by atoms with van der Waals surface area (Å²) in [6.45, 7) is 5.54. The van der Waals surface area contributed by atoms with E-state index < -0.39 is 44.9 Å². The molecule has 3 aliphatic rings. The van der Waals surface area contributed by atoms with Gasteiger partial charge >= 0.3 is 5.97 Å². The van der Waals surface area contributed by atoms with E-state index in [1.807, 2.05) is 19.9 Å². The highest BCUT2D eigenvalue weighted by molar-refractivity contribution is 7.86. The number of rotatable bonds is 4. The summed E-state index contributed by atoms with van der Waals surface area (Å²) in [7, 11) is -2.67. The van der Waals surface area contributed by atoms with Gasteiger partial charge < -0.3 is 9.15 Å². The molecule has 1 aromatic heterocycles. The molecular formula is C26H32O8S. The number of hydrogen-bond donors (Lipinski definition) is 0. The lowest BCUT2D eigenvalue weighted by molar-refractivity contribution is -0.185. The maximum Gasteiger partial charge on any atom is 0.309 e. The first-order valence-corrected chi connectivity index (χ1v) is 13.7. The molecule has 3 aliphatic carbocycles. The van der Waals surface area contributed by atoms with Gasteiger partial charge in [-0.1, -0.05) is 19.8 Å². The fourth-order valence-corrected chi connectivity index (χ4v) is 7.95. The van der Waals surface area contributed by atoms with Crippen molar-refractivity contribution in [3.63, 3.8) is 0 Å². The van der Waals surface area contributed by atoms with Gasteiger partial charge in [0.15, 0.2) is 11.5 Å². The SMILES string of the molecule is CC#Cc1occc1[C@H]1CC(=O)[C@@H]2CC[C@]3(C)[C@H](C(=O)[C@@H](OS(C)(=O)=O)C[C@H]3C(=O)OC)[C@@]2(C)C1. The van der Waals surface area contributed by atoms with E-state index in [-0.39, 0.29) is 29.8 Å².